The molecule has 7 heteroatoms. The number of carbonyl (C=O) groups is 1. The number of rotatable bonds is 2. The van der Waals surface area contributed by atoms with Gasteiger partial charge in [-0.1, -0.05) is 24.3 Å². The maximum Gasteiger partial charge on any atom is 0.282 e. The van der Waals surface area contributed by atoms with Gasteiger partial charge < -0.3 is 5.32 Å². The number of para-hydroxylation sites is 1. The molecule has 4 aromatic rings. The number of aryl methyl sites for hydroxylation is 1. The van der Waals surface area contributed by atoms with E-state index in [1.54, 1.807) is 24.6 Å². The zero-order valence-corrected chi connectivity index (χ0v) is 13.5. The van der Waals surface area contributed by atoms with E-state index in [1.807, 2.05) is 30.3 Å². The average molecular weight is 336 g/mol. The third-order valence-electron chi connectivity index (χ3n) is 3.72. The van der Waals surface area contributed by atoms with E-state index in [4.69, 9.17) is 0 Å². The number of carbonyl (C=O) groups excluding carboxylic acids is 1. The Bertz CT molecular complexity index is 1150. The Balaban J connectivity index is 1.74. The van der Waals surface area contributed by atoms with Crippen LogP contribution in [-0.2, 0) is 0 Å². The lowest BCUT2D eigenvalue weighted by molar-refractivity contribution is 0.102. The number of hydrogen-bond acceptors (Lipinski definition) is 5. The van der Waals surface area contributed by atoms with Crippen molar-refractivity contribution in [3.05, 3.63) is 69.7 Å². The van der Waals surface area contributed by atoms with Crippen molar-refractivity contribution in [1.29, 1.82) is 0 Å². The van der Waals surface area contributed by atoms with Gasteiger partial charge >= 0.3 is 0 Å². The Morgan fingerprint density at radius 3 is 2.88 bits per heavy atom. The van der Waals surface area contributed by atoms with E-state index in [0.717, 1.165) is 10.9 Å². The highest BCUT2D eigenvalue weighted by Gasteiger charge is 2.15. The second-order valence-electron chi connectivity index (χ2n) is 5.28. The second kappa shape index (κ2) is 5.54. The summed E-state index contributed by atoms with van der Waals surface area (Å²) in [5, 5.41) is 5.38. The molecule has 4 rings (SSSR count). The van der Waals surface area contributed by atoms with E-state index in [-0.39, 0.29) is 16.9 Å². The highest BCUT2D eigenvalue weighted by atomic mass is 32.1. The predicted octanol–water partition coefficient (Wildman–Crippen LogP) is 2.86. The third-order valence-corrected chi connectivity index (χ3v) is 4.47. The van der Waals surface area contributed by atoms with Crippen LogP contribution >= 0.6 is 11.3 Å². The van der Waals surface area contributed by atoms with Crippen LogP contribution in [0.15, 0.2) is 52.8 Å². The molecule has 1 amide bonds. The Labute approximate surface area is 140 Å². The summed E-state index contributed by atoms with van der Waals surface area (Å²) in [5.41, 5.74) is 1.34. The molecule has 0 radical (unpaired) electrons. The fourth-order valence-electron chi connectivity index (χ4n) is 2.50. The molecule has 6 nitrogen and oxygen atoms in total. The third kappa shape index (κ3) is 2.35. The Morgan fingerprint density at radius 1 is 1.17 bits per heavy atom. The van der Waals surface area contributed by atoms with Gasteiger partial charge in [0.05, 0.1) is 11.2 Å². The molecule has 0 saturated carbocycles. The Hall–Kier alpha value is -3.06. The van der Waals surface area contributed by atoms with Gasteiger partial charge in [-0.05, 0) is 19.1 Å². The molecule has 0 saturated heterocycles. The van der Waals surface area contributed by atoms with Gasteiger partial charge in [0.1, 0.15) is 11.4 Å². The molecule has 0 spiro atoms. The molecule has 118 valence electrons. The lowest BCUT2D eigenvalue weighted by Crippen LogP contribution is -2.24. The lowest BCUT2D eigenvalue weighted by Gasteiger charge is -2.08. The van der Waals surface area contributed by atoms with Gasteiger partial charge in [0.25, 0.3) is 11.5 Å². The monoisotopic (exact) mass is 336 g/mol. The topological polar surface area (TPSA) is 76.4 Å². The molecular formula is C17H12N4O2S. The van der Waals surface area contributed by atoms with E-state index < -0.39 is 5.91 Å². The average Bonchev–Trinajstić information content (AvgIpc) is 3.06. The maximum atomic E-state index is 12.5. The zero-order valence-electron chi connectivity index (χ0n) is 12.7. The van der Waals surface area contributed by atoms with Crippen molar-refractivity contribution in [2.24, 2.45) is 0 Å². The Kier molecular flexibility index (Phi) is 3.35. The van der Waals surface area contributed by atoms with Crippen molar-refractivity contribution >= 4 is 38.8 Å². The molecule has 0 aliphatic rings. The summed E-state index contributed by atoms with van der Waals surface area (Å²) in [6, 6.07) is 11.0. The number of benzene rings is 1. The fourth-order valence-corrected chi connectivity index (χ4v) is 3.25. The second-order valence-corrected chi connectivity index (χ2v) is 6.15. The lowest BCUT2D eigenvalue weighted by atomic mass is 10.2. The molecule has 0 aliphatic heterocycles. The minimum atomic E-state index is -0.432. The summed E-state index contributed by atoms with van der Waals surface area (Å²) in [5.74, 6) is -0.432. The first-order chi connectivity index (χ1) is 11.6. The van der Waals surface area contributed by atoms with E-state index in [2.05, 4.69) is 15.3 Å². The van der Waals surface area contributed by atoms with Gasteiger partial charge in [-0.3, -0.25) is 14.0 Å². The van der Waals surface area contributed by atoms with Gasteiger partial charge in [0.15, 0.2) is 4.96 Å². The van der Waals surface area contributed by atoms with Crippen LogP contribution in [0.2, 0.25) is 0 Å². The van der Waals surface area contributed by atoms with Crippen molar-refractivity contribution in [3.63, 3.8) is 0 Å². The molecule has 24 heavy (non-hydrogen) atoms. The van der Waals surface area contributed by atoms with Crippen LogP contribution in [0.4, 0.5) is 5.69 Å². The highest BCUT2D eigenvalue weighted by molar-refractivity contribution is 7.15. The van der Waals surface area contributed by atoms with Crippen LogP contribution in [0.1, 0.15) is 16.2 Å². The van der Waals surface area contributed by atoms with Crippen molar-refractivity contribution in [2.75, 3.05) is 5.32 Å². The first-order valence-corrected chi connectivity index (χ1v) is 8.15. The van der Waals surface area contributed by atoms with E-state index in [0.29, 0.717) is 10.7 Å². The van der Waals surface area contributed by atoms with Crippen molar-refractivity contribution in [2.45, 2.75) is 6.92 Å². The van der Waals surface area contributed by atoms with E-state index in [1.165, 1.54) is 15.7 Å². The molecule has 0 aliphatic carbocycles. The van der Waals surface area contributed by atoms with E-state index >= 15 is 0 Å². The zero-order chi connectivity index (χ0) is 16.7. The number of thiazole rings is 1. The molecule has 3 aromatic heterocycles. The molecule has 0 fully saturated rings. The largest absolute Gasteiger partial charge is 0.314 e. The summed E-state index contributed by atoms with van der Waals surface area (Å²) in [4.78, 5) is 34.3. The normalized spacial score (nSPS) is 11.0. The van der Waals surface area contributed by atoms with Crippen LogP contribution in [0.25, 0.3) is 15.9 Å². The number of pyridine rings is 1. The molecule has 0 atom stereocenters. The molecule has 0 bridgehead atoms. The summed E-state index contributed by atoms with van der Waals surface area (Å²) >= 11 is 1.37. The first-order valence-electron chi connectivity index (χ1n) is 7.27. The van der Waals surface area contributed by atoms with Gasteiger partial charge in [-0.25, -0.2) is 9.97 Å². The fraction of sp³-hybridized carbons (Fsp3) is 0.0588. The van der Waals surface area contributed by atoms with Gasteiger partial charge in [0.2, 0.25) is 0 Å². The number of fused-ring (bicyclic) bond motifs is 2. The van der Waals surface area contributed by atoms with Crippen LogP contribution in [0, 0.1) is 6.92 Å². The first kappa shape index (κ1) is 14.5. The minimum Gasteiger partial charge on any atom is -0.314 e. The van der Waals surface area contributed by atoms with E-state index in [9.17, 15) is 9.59 Å². The number of hydrogen-bond donors (Lipinski definition) is 1. The van der Waals surface area contributed by atoms with Crippen LogP contribution in [-0.4, -0.2) is 20.3 Å². The number of anilines is 1. The summed E-state index contributed by atoms with van der Waals surface area (Å²) in [6.07, 6.45) is 1.64. The van der Waals surface area contributed by atoms with Crippen molar-refractivity contribution in [3.8, 4) is 0 Å². The summed E-state index contributed by atoms with van der Waals surface area (Å²) in [6.45, 7) is 1.70. The quantitative estimate of drug-likeness (QED) is 0.611. The molecule has 3 heterocycles. The molecular weight excluding hydrogens is 324 g/mol. The van der Waals surface area contributed by atoms with Gasteiger partial charge in [-0.2, -0.15) is 0 Å². The summed E-state index contributed by atoms with van der Waals surface area (Å²) in [7, 11) is 0. The molecule has 1 N–H and O–H groups in total. The minimum absolute atomic E-state index is 0.172. The number of nitrogens with zero attached hydrogens (tertiary/aromatic N) is 3. The molecule has 1 aromatic carbocycles. The van der Waals surface area contributed by atoms with Gasteiger partial charge in [0, 0.05) is 17.0 Å². The Morgan fingerprint density at radius 2 is 2.00 bits per heavy atom. The van der Waals surface area contributed by atoms with Crippen LogP contribution in [0.3, 0.4) is 0 Å². The predicted molar refractivity (Wildman–Crippen MR) is 93.8 cm³/mol. The van der Waals surface area contributed by atoms with Crippen LogP contribution in [0.5, 0.6) is 0 Å². The summed E-state index contributed by atoms with van der Waals surface area (Å²) < 4.78 is 1.42. The smallest absolute Gasteiger partial charge is 0.282 e. The SMILES string of the molecule is Cc1nc2sccn2c(=O)c1NC(=O)c1ccc2ccccc2n1. The number of aromatic nitrogens is 3. The van der Waals surface area contributed by atoms with Crippen LogP contribution < -0.4 is 10.9 Å². The van der Waals surface area contributed by atoms with Crippen molar-refractivity contribution < 1.29 is 4.79 Å². The molecule has 0 unspecified atom stereocenters. The maximum absolute atomic E-state index is 12.5. The number of nitrogens with one attached hydrogen (secondary N) is 1. The number of amides is 1. The highest BCUT2D eigenvalue weighted by Crippen LogP contribution is 2.15. The van der Waals surface area contributed by atoms with Gasteiger partial charge in [-0.15, -0.1) is 11.3 Å². The van der Waals surface area contributed by atoms with Crippen molar-refractivity contribution in [1.82, 2.24) is 14.4 Å². The standard InChI is InChI=1S/C17H12N4O2S/c1-10-14(16(23)21-8-9-24-17(21)18-10)20-15(22)13-7-6-11-4-2-3-5-12(11)19-13/h2-9H,1H3,(H,20,22).